The quantitative estimate of drug-likeness (QED) is 0.582. The third-order valence-corrected chi connectivity index (χ3v) is 4.92. The van der Waals surface area contributed by atoms with Gasteiger partial charge in [0.25, 0.3) is 11.8 Å². The van der Waals surface area contributed by atoms with Gasteiger partial charge in [-0.3, -0.25) is 19.3 Å². The molecule has 0 saturated heterocycles. The molecule has 5 nitrogen and oxygen atoms in total. The van der Waals surface area contributed by atoms with E-state index in [0.717, 1.165) is 22.2 Å². The Kier molecular flexibility index (Phi) is 5.52. The summed E-state index contributed by atoms with van der Waals surface area (Å²) in [4.78, 5) is 38.3. The molecule has 0 saturated carbocycles. The van der Waals surface area contributed by atoms with Gasteiger partial charge in [0.1, 0.15) is 6.04 Å². The molecule has 0 bridgehead atoms. The minimum Gasteiger partial charge on any atom is -0.354 e. The maximum atomic E-state index is 12.4. The fourth-order valence-electron chi connectivity index (χ4n) is 3.02. The van der Waals surface area contributed by atoms with Crippen LogP contribution in [-0.2, 0) is 11.2 Å². The SMILES string of the molecule is CC(C(=O)NCCCc1cccc(Br)c1)N1C(=O)c2ccccc2C1=O. The lowest BCUT2D eigenvalue weighted by molar-refractivity contribution is -0.124. The number of aryl methyl sites for hydroxylation is 1. The Labute approximate surface area is 160 Å². The van der Waals surface area contributed by atoms with E-state index in [9.17, 15) is 14.4 Å². The minimum absolute atomic E-state index is 0.325. The normalized spacial score (nSPS) is 14.3. The highest BCUT2D eigenvalue weighted by atomic mass is 79.9. The molecule has 0 aliphatic carbocycles. The summed E-state index contributed by atoms with van der Waals surface area (Å²) >= 11 is 3.44. The van der Waals surface area contributed by atoms with Gasteiger partial charge in [-0.15, -0.1) is 0 Å². The van der Waals surface area contributed by atoms with Crippen LogP contribution in [0.1, 0.15) is 39.6 Å². The van der Waals surface area contributed by atoms with Crippen molar-refractivity contribution >= 4 is 33.7 Å². The third kappa shape index (κ3) is 3.70. The van der Waals surface area contributed by atoms with Gasteiger partial charge in [0.15, 0.2) is 0 Å². The zero-order valence-electron chi connectivity index (χ0n) is 14.4. The number of imide groups is 1. The van der Waals surface area contributed by atoms with Crippen molar-refractivity contribution in [3.63, 3.8) is 0 Å². The number of rotatable bonds is 6. The van der Waals surface area contributed by atoms with Crippen molar-refractivity contribution in [1.82, 2.24) is 10.2 Å². The van der Waals surface area contributed by atoms with E-state index in [-0.39, 0.29) is 5.91 Å². The molecule has 2 aromatic rings. The zero-order valence-corrected chi connectivity index (χ0v) is 16.0. The van der Waals surface area contributed by atoms with Crippen LogP contribution >= 0.6 is 15.9 Å². The fraction of sp³-hybridized carbons (Fsp3) is 0.250. The molecule has 0 aromatic heterocycles. The smallest absolute Gasteiger partial charge is 0.262 e. The summed E-state index contributed by atoms with van der Waals surface area (Å²) in [5.41, 5.74) is 1.89. The summed E-state index contributed by atoms with van der Waals surface area (Å²) in [5.74, 6) is -1.15. The van der Waals surface area contributed by atoms with Gasteiger partial charge in [-0.1, -0.05) is 40.2 Å². The molecule has 0 radical (unpaired) electrons. The van der Waals surface area contributed by atoms with Gasteiger partial charge in [-0.2, -0.15) is 0 Å². The second kappa shape index (κ2) is 7.83. The van der Waals surface area contributed by atoms with Crippen LogP contribution in [0.3, 0.4) is 0 Å². The van der Waals surface area contributed by atoms with E-state index in [0.29, 0.717) is 17.7 Å². The molecule has 1 unspecified atom stereocenters. The Morgan fingerprint density at radius 2 is 1.73 bits per heavy atom. The molecule has 3 amide bonds. The van der Waals surface area contributed by atoms with Crippen molar-refractivity contribution in [2.75, 3.05) is 6.54 Å². The van der Waals surface area contributed by atoms with Crippen molar-refractivity contribution in [2.24, 2.45) is 0 Å². The summed E-state index contributed by atoms with van der Waals surface area (Å²) in [5, 5.41) is 2.82. The van der Waals surface area contributed by atoms with Crippen LogP contribution in [-0.4, -0.2) is 35.2 Å². The molecule has 1 aliphatic rings. The largest absolute Gasteiger partial charge is 0.354 e. The Bertz CT molecular complexity index is 831. The first-order valence-corrected chi connectivity index (χ1v) is 9.27. The van der Waals surface area contributed by atoms with Crippen molar-refractivity contribution in [1.29, 1.82) is 0 Å². The van der Waals surface area contributed by atoms with Gasteiger partial charge < -0.3 is 5.32 Å². The van der Waals surface area contributed by atoms with Gasteiger partial charge in [0, 0.05) is 11.0 Å². The maximum Gasteiger partial charge on any atom is 0.262 e. The summed E-state index contributed by atoms with van der Waals surface area (Å²) in [7, 11) is 0. The molecule has 0 fully saturated rings. The van der Waals surface area contributed by atoms with Crippen molar-refractivity contribution in [3.8, 4) is 0 Å². The Morgan fingerprint density at radius 1 is 1.08 bits per heavy atom. The number of hydrogen-bond acceptors (Lipinski definition) is 3. The van der Waals surface area contributed by atoms with Crippen LogP contribution in [0.5, 0.6) is 0 Å². The Balaban J connectivity index is 1.54. The molecule has 1 aliphatic heterocycles. The van der Waals surface area contributed by atoms with Crippen LogP contribution in [0.25, 0.3) is 0 Å². The van der Waals surface area contributed by atoms with E-state index in [4.69, 9.17) is 0 Å². The summed E-state index contributed by atoms with van der Waals surface area (Å²) in [6.07, 6.45) is 1.61. The summed E-state index contributed by atoms with van der Waals surface area (Å²) < 4.78 is 1.03. The van der Waals surface area contributed by atoms with Crippen LogP contribution in [0.4, 0.5) is 0 Å². The molecule has 0 spiro atoms. The van der Waals surface area contributed by atoms with E-state index in [1.54, 1.807) is 31.2 Å². The van der Waals surface area contributed by atoms with Crippen LogP contribution in [0.2, 0.25) is 0 Å². The summed E-state index contributed by atoms with van der Waals surface area (Å²) in [6, 6.07) is 13.8. The number of fused-ring (bicyclic) bond motifs is 1. The highest BCUT2D eigenvalue weighted by Gasteiger charge is 2.40. The average Bonchev–Trinajstić information content (AvgIpc) is 2.89. The van der Waals surface area contributed by atoms with Crippen molar-refractivity contribution in [2.45, 2.75) is 25.8 Å². The maximum absolute atomic E-state index is 12.4. The van der Waals surface area contributed by atoms with Gasteiger partial charge >= 0.3 is 0 Å². The number of nitrogens with one attached hydrogen (secondary N) is 1. The minimum atomic E-state index is -0.840. The average molecular weight is 415 g/mol. The first-order valence-electron chi connectivity index (χ1n) is 8.48. The topological polar surface area (TPSA) is 66.5 Å². The first-order chi connectivity index (χ1) is 12.5. The standard InChI is InChI=1S/C20H19BrN2O3/c1-13(23-19(25)16-9-2-3-10-17(16)20(23)26)18(24)22-11-5-7-14-6-4-8-15(21)12-14/h2-4,6,8-10,12-13H,5,7,11H2,1H3,(H,22,24). The molecular weight excluding hydrogens is 396 g/mol. The van der Waals surface area contributed by atoms with Gasteiger partial charge in [0.05, 0.1) is 11.1 Å². The van der Waals surface area contributed by atoms with Crippen LogP contribution in [0.15, 0.2) is 53.0 Å². The second-order valence-corrected chi connectivity index (χ2v) is 7.14. The van der Waals surface area contributed by atoms with Crippen LogP contribution < -0.4 is 5.32 Å². The monoisotopic (exact) mass is 414 g/mol. The number of carbonyl (C=O) groups is 3. The molecule has 134 valence electrons. The van der Waals surface area contributed by atoms with E-state index >= 15 is 0 Å². The summed E-state index contributed by atoms with van der Waals surface area (Å²) in [6.45, 7) is 2.06. The first kappa shape index (κ1) is 18.3. The Morgan fingerprint density at radius 3 is 2.35 bits per heavy atom. The lowest BCUT2D eigenvalue weighted by atomic mass is 10.1. The number of benzene rings is 2. The molecule has 3 rings (SSSR count). The molecular formula is C20H19BrN2O3. The Hall–Kier alpha value is -2.47. The zero-order chi connectivity index (χ0) is 18.7. The molecule has 6 heteroatoms. The van der Waals surface area contributed by atoms with Gasteiger partial charge in [-0.05, 0) is 49.6 Å². The number of nitrogens with zero attached hydrogens (tertiary/aromatic N) is 1. The van der Waals surface area contributed by atoms with E-state index < -0.39 is 17.9 Å². The predicted molar refractivity (Wildman–Crippen MR) is 102 cm³/mol. The number of halogens is 1. The molecule has 2 aromatic carbocycles. The molecule has 26 heavy (non-hydrogen) atoms. The lowest BCUT2D eigenvalue weighted by Gasteiger charge is -2.21. The predicted octanol–water partition coefficient (Wildman–Crippen LogP) is 3.18. The fourth-order valence-corrected chi connectivity index (χ4v) is 3.47. The lowest BCUT2D eigenvalue weighted by Crippen LogP contribution is -2.48. The molecule has 1 atom stereocenters. The van der Waals surface area contributed by atoms with E-state index in [1.807, 2.05) is 24.3 Å². The highest BCUT2D eigenvalue weighted by molar-refractivity contribution is 9.10. The molecule has 1 heterocycles. The van der Waals surface area contributed by atoms with E-state index in [1.165, 1.54) is 5.56 Å². The van der Waals surface area contributed by atoms with Gasteiger partial charge in [-0.25, -0.2) is 0 Å². The van der Waals surface area contributed by atoms with Crippen molar-refractivity contribution in [3.05, 3.63) is 69.7 Å². The molecule has 1 N–H and O–H groups in total. The number of hydrogen-bond donors (Lipinski definition) is 1. The van der Waals surface area contributed by atoms with E-state index in [2.05, 4.69) is 21.2 Å². The number of amides is 3. The van der Waals surface area contributed by atoms with Crippen molar-refractivity contribution < 1.29 is 14.4 Å². The highest BCUT2D eigenvalue weighted by Crippen LogP contribution is 2.24. The third-order valence-electron chi connectivity index (χ3n) is 4.42. The number of carbonyl (C=O) groups excluding carboxylic acids is 3. The second-order valence-electron chi connectivity index (χ2n) is 6.23. The van der Waals surface area contributed by atoms with Gasteiger partial charge in [0.2, 0.25) is 5.91 Å². The van der Waals surface area contributed by atoms with Crippen LogP contribution in [0, 0.1) is 0 Å².